The minimum atomic E-state index is 0.351. The predicted molar refractivity (Wildman–Crippen MR) is 87.0 cm³/mol. The van der Waals surface area contributed by atoms with Gasteiger partial charge in [-0.3, -0.25) is 0 Å². The van der Waals surface area contributed by atoms with Gasteiger partial charge in [0.2, 0.25) is 0 Å². The molecule has 0 saturated carbocycles. The van der Waals surface area contributed by atoms with Crippen molar-refractivity contribution in [3.63, 3.8) is 0 Å². The van der Waals surface area contributed by atoms with Crippen LogP contribution in [0.25, 0.3) is 0 Å². The Kier molecular flexibility index (Phi) is 6.33. The fourth-order valence-electron chi connectivity index (χ4n) is 2.80. The average molecular weight is 341 g/mol. The van der Waals surface area contributed by atoms with E-state index in [0.717, 1.165) is 23.1 Å². The van der Waals surface area contributed by atoms with E-state index in [0.29, 0.717) is 11.7 Å². The maximum atomic E-state index is 9.93. The molecule has 0 aliphatic carbocycles. The molecule has 112 valence electrons. The van der Waals surface area contributed by atoms with Crippen LogP contribution in [0.15, 0.2) is 22.7 Å². The number of para-hydroxylation sites is 1. The molecule has 3 nitrogen and oxygen atoms in total. The first-order valence-corrected chi connectivity index (χ1v) is 8.35. The van der Waals surface area contributed by atoms with Crippen molar-refractivity contribution in [2.75, 3.05) is 26.2 Å². The molecule has 1 aliphatic rings. The molecule has 0 radical (unpaired) electrons. The lowest BCUT2D eigenvalue weighted by atomic mass is 10.1. The number of halogens is 1. The lowest BCUT2D eigenvalue weighted by Crippen LogP contribution is -2.36. The van der Waals surface area contributed by atoms with E-state index in [1.165, 1.54) is 38.9 Å². The zero-order valence-corrected chi connectivity index (χ0v) is 13.8. The molecule has 1 saturated heterocycles. The van der Waals surface area contributed by atoms with Crippen molar-refractivity contribution in [3.05, 3.63) is 28.2 Å². The lowest BCUT2D eigenvalue weighted by molar-refractivity contribution is 0.199. The van der Waals surface area contributed by atoms with Crippen LogP contribution in [0.1, 0.15) is 31.7 Å². The molecule has 2 rings (SSSR count). The second kappa shape index (κ2) is 8.01. The van der Waals surface area contributed by atoms with Gasteiger partial charge in [0.1, 0.15) is 5.75 Å². The molecule has 1 unspecified atom stereocenters. The minimum Gasteiger partial charge on any atom is -0.506 e. The van der Waals surface area contributed by atoms with E-state index in [4.69, 9.17) is 0 Å². The molecule has 0 aromatic heterocycles. The zero-order valence-electron chi connectivity index (χ0n) is 12.2. The van der Waals surface area contributed by atoms with Crippen LogP contribution in [0.5, 0.6) is 5.75 Å². The van der Waals surface area contributed by atoms with Gasteiger partial charge in [-0.25, -0.2) is 0 Å². The Bertz CT molecular complexity index is 419. The average Bonchev–Trinajstić information content (AvgIpc) is 2.44. The molecule has 0 spiro atoms. The second-order valence-electron chi connectivity index (χ2n) is 5.84. The molecule has 0 amide bonds. The molecule has 1 heterocycles. The van der Waals surface area contributed by atoms with Crippen LogP contribution in [-0.2, 0) is 6.54 Å². The molecule has 2 N–H and O–H groups in total. The SMILES string of the molecule is CC(CNCc1cccc(Br)c1O)CN1CCCCC1. The first kappa shape index (κ1) is 15.8. The fraction of sp³-hybridized carbons (Fsp3) is 0.625. The molecule has 1 aromatic carbocycles. The van der Waals surface area contributed by atoms with Gasteiger partial charge < -0.3 is 15.3 Å². The number of piperidine rings is 1. The quantitative estimate of drug-likeness (QED) is 0.833. The van der Waals surface area contributed by atoms with Gasteiger partial charge in [0.15, 0.2) is 0 Å². The van der Waals surface area contributed by atoms with E-state index >= 15 is 0 Å². The van der Waals surface area contributed by atoms with Gasteiger partial charge >= 0.3 is 0 Å². The summed E-state index contributed by atoms with van der Waals surface area (Å²) in [4.78, 5) is 2.58. The standard InChI is InChI=1S/C16H25BrN2O/c1-13(12-19-8-3-2-4-9-19)10-18-11-14-6-5-7-15(17)16(14)20/h5-7,13,18,20H,2-4,8-12H2,1H3. The van der Waals surface area contributed by atoms with Crippen LogP contribution < -0.4 is 5.32 Å². The smallest absolute Gasteiger partial charge is 0.134 e. The number of nitrogens with one attached hydrogen (secondary N) is 1. The maximum Gasteiger partial charge on any atom is 0.134 e. The third-order valence-corrected chi connectivity index (χ3v) is 4.54. The summed E-state index contributed by atoms with van der Waals surface area (Å²) in [6.07, 6.45) is 4.10. The number of nitrogens with zero attached hydrogens (tertiary/aromatic N) is 1. The van der Waals surface area contributed by atoms with Crippen LogP contribution in [0, 0.1) is 5.92 Å². The highest BCUT2D eigenvalue weighted by molar-refractivity contribution is 9.10. The molecule has 1 fully saturated rings. The fourth-order valence-corrected chi connectivity index (χ4v) is 3.21. The van der Waals surface area contributed by atoms with Crippen LogP contribution in [0.3, 0.4) is 0 Å². The van der Waals surface area contributed by atoms with Crippen LogP contribution in [-0.4, -0.2) is 36.2 Å². The molecule has 1 aromatic rings. The van der Waals surface area contributed by atoms with Gasteiger partial charge in [0.05, 0.1) is 4.47 Å². The van der Waals surface area contributed by atoms with Gasteiger partial charge in [-0.05, 0) is 60.4 Å². The van der Waals surface area contributed by atoms with E-state index in [9.17, 15) is 5.11 Å². The summed E-state index contributed by atoms with van der Waals surface area (Å²) in [7, 11) is 0. The third-order valence-electron chi connectivity index (χ3n) is 3.90. The molecule has 1 aliphatic heterocycles. The van der Waals surface area contributed by atoms with Gasteiger partial charge in [-0.1, -0.05) is 25.5 Å². The summed E-state index contributed by atoms with van der Waals surface area (Å²) >= 11 is 3.35. The largest absolute Gasteiger partial charge is 0.506 e. The predicted octanol–water partition coefficient (Wildman–Crippen LogP) is 3.37. The Morgan fingerprint density at radius 2 is 2.05 bits per heavy atom. The Morgan fingerprint density at radius 1 is 1.30 bits per heavy atom. The normalized spacial score (nSPS) is 18.1. The number of rotatable bonds is 6. The maximum absolute atomic E-state index is 9.93. The van der Waals surface area contributed by atoms with E-state index in [-0.39, 0.29) is 0 Å². The van der Waals surface area contributed by atoms with Crippen LogP contribution >= 0.6 is 15.9 Å². The van der Waals surface area contributed by atoms with Gasteiger partial charge in [0, 0.05) is 18.7 Å². The van der Waals surface area contributed by atoms with E-state index in [2.05, 4.69) is 33.1 Å². The Hall–Kier alpha value is -0.580. The summed E-state index contributed by atoms with van der Waals surface area (Å²) in [6.45, 7) is 7.70. The van der Waals surface area contributed by atoms with Gasteiger partial charge in [-0.15, -0.1) is 0 Å². The Balaban J connectivity index is 1.70. The van der Waals surface area contributed by atoms with Gasteiger partial charge in [0.25, 0.3) is 0 Å². The Morgan fingerprint density at radius 3 is 2.80 bits per heavy atom. The molecular formula is C16H25BrN2O. The highest BCUT2D eigenvalue weighted by Crippen LogP contribution is 2.27. The van der Waals surface area contributed by atoms with Crippen LogP contribution in [0.2, 0.25) is 0 Å². The summed E-state index contributed by atoms with van der Waals surface area (Å²) in [5.41, 5.74) is 0.949. The lowest BCUT2D eigenvalue weighted by Gasteiger charge is -2.29. The van der Waals surface area contributed by atoms with Crippen molar-refractivity contribution in [1.29, 1.82) is 0 Å². The van der Waals surface area contributed by atoms with E-state index in [1.807, 2.05) is 18.2 Å². The molecular weight excluding hydrogens is 316 g/mol. The minimum absolute atomic E-state index is 0.351. The number of hydrogen-bond acceptors (Lipinski definition) is 3. The molecule has 1 atom stereocenters. The van der Waals surface area contributed by atoms with Crippen molar-refractivity contribution in [2.24, 2.45) is 5.92 Å². The summed E-state index contributed by atoms with van der Waals surface area (Å²) < 4.78 is 0.762. The Labute approximate surface area is 130 Å². The van der Waals surface area contributed by atoms with Crippen molar-refractivity contribution in [1.82, 2.24) is 10.2 Å². The third kappa shape index (κ3) is 4.76. The number of phenols is 1. The molecule has 20 heavy (non-hydrogen) atoms. The number of aromatic hydroxyl groups is 1. The number of phenolic OH excluding ortho intramolecular Hbond substituents is 1. The van der Waals surface area contributed by atoms with Crippen LogP contribution in [0.4, 0.5) is 0 Å². The highest BCUT2D eigenvalue weighted by Gasteiger charge is 2.13. The number of benzene rings is 1. The summed E-state index contributed by atoms with van der Waals surface area (Å²) in [5, 5.41) is 13.4. The van der Waals surface area contributed by atoms with E-state index < -0.39 is 0 Å². The number of hydrogen-bond donors (Lipinski definition) is 2. The highest BCUT2D eigenvalue weighted by atomic mass is 79.9. The molecule has 4 heteroatoms. The monoisotopic (exact) mass is 340 g/mol. The van der Waals surface area contributed by atoms with E-state index in [1.54, 1.807) is 0 Å². The van der Waals surface area contributed by atoms with Gasteiger partial charge in [-0.2, -0.15) is 0 Å². The number of likely N-dealkylation sites (tertiary alicyclic amines) is 1. The van der Waals surface area contributed by atoms with Crippen molar-refractivity contribution < 1.29 is 5.11 Å². The van der Waals surface area contributed by atoms with Crippen molar-refractivity contribution >= 4 is 15.9 Å². The topological polar surface area (TPSA) is 35.5 Å². The summed E-state index contributed by atoms with van der Waals surface area (Å²) in [5.74, 6) is 0.992. The first-order chi connectivity index (χ1) is 9.66. The van der Waals surface area contributed by atoms with Crippen molar-refractivity contribution in [2.45, 2.75) is 32.7 Å². The second-order valence-corrected chi connectivity index (χ2v) is 6.70. The molecule has 0 bridgehead atoms. The summed E-state index contributed by atoms with van der Waals surface area (Å²) in [6, 6.07) is 5.78. The zero-order chi connectivity index (χ0) is 14.4. The first-order valence-electron chi connectivity index (χ1n) is 7.56. The van der Waals surface area contributed by atoms with Crippen molar-refractivity contribution in [3.8, 4) is 5.75 Å².